The van der Waals surface area contributed by atoms with Gasteiger partial charge in [-0.1, -0.05) is 25.5 Å². The minimum atomic E-state index is 0.0848. The van der Waals surface area contributed by atoms with E-state index >= 15 is 0 Å². The van der Waals surface area contributed by atoms with Crippen LogP contribution in [-0.2, 0) is 11.3 Å². The Kier molecular flexibility index (Phi) is 4.72. The zero-order chi connectivity index (χ0) is 13.5. The average Bonchev–Trinajstić information content (AvgIpc) is 2.89. The Labute approximate surface area is 113 Å². The highest BCUT2D eigenvalue weighted by Crippen LogP contribution is 2.12. The van der Waals surface area contributed by atoms with Gasteiger partial charge in [-0.05, 0) is 24.1 Å². The molecule has 2 aromatic rings. The Morgan fingerprint density at radius 2 is 2.32 bits per heavy atom. The van der Waals surface area contributed by atoms with Gasteiger partial charge in [-0.3, -0.25) is 4.79 Å². The SMILES string of the molecule is CCCCC(=O)Nc1cccc(Cn2ccnc2)c1. The molecule has 0 aliphatic heterocycles. The molecule has 0 spiro atoms. The molecular weight excluding hydrogens is 238 g/mol. The molecule has 0 radical (unpaired) electrons. The Balaban J connectivity index is 1.97. The summed E-state index contributed by atoms with van der Waals surface area (Å²) in [7, 11) is 0. The van der Waals surface area contributed by atoms with Crippen molar-refractivity contribution in [1.82, 2.24) is 9.55 Å². The molecule has 0 unspecified atom stereocenters. The number of benzene rings is 1. The van der Waals surface area contributed by atoms with Crippen molar-refractivity contribution < 1.29 is 4.79 Å². The molecule has 4 heteroatoms. The fraction of sp³-hybridized carbons (Fsp3) is 0.333. The van der Waals surface area contributed by atoms with Crippen LogP contribution in [0.1, 0.15) is 31.7 Å². The summed E-state index contributed by atoms with van der Waals surface area (Å²) in [5.74, 6) is 0.0848. The topological polar surface area (TPSA) is 46.9 Å². The number of rotatable bonds is 6. The number of carbonyl (C=O) groups is 1. The van der Waals surface area contributed by atoms with Crippen LogP contribution in [0.2, 0.25) is 0 Å². The molecule has 19 heavy (non-hydrogen) atoms. The lowest BCUT2D eigenvalue weighted by Gasteiger charge is -2.07. The van der Waals surface area contributed by atoms with Crippen LogP contribution in [0.5, 0.6) is 0 Å². The first-order chi connectivity index (χ1) is 9.28. The summed E-state index contributed by atoms with van der Waals surface area (Å²) < 4.78 is 2.00. The fourth-order valence-electron chi connectivity index (χ4n) is 1.90. The third kappa shape index (κ3) is 4.25. The van der Waals surface area contributed by atoms with Crippen LogP contribution in [0, 0.1) is 0 Å². The van der Waals surface area contributed by atoms with Gasteiger partial charge in [0.25, 0.3) is 0 Å². The zero-order valence-corrected chi connectivity index (χ0v) is 11.2. The smallest absolute Gasteiger partial charge is 0.224 e. The largest absolute Gasteiger partial charge is 0.333 e. The van der Waals surface area contributed by atoms with Crippen LogP contribution in [-0.4, -0.2) is 15.5 Å². The van der Waals surface area contributed by atoms with E-state index in [1.807, 2.05) is 35.0 Å². The van der Waals surface area contributed by atoms with Crippen LogP contribution in [0.4, 0.5) is 5.69 Å². The van der Waals surface area contributed by atoms with Gasteiger partial charge in [0, 0.05) is 31.0 Å². The van der Waals surface area contributed by atoms with Gasteiger partial charge < -0.3 is 9.88 Å². The minimum Gasteiger partial charge on any atom is -0.333 e. The van der Waals surface area contributed by atoms with Crippen molar-refractivity contribution in [3.63, 3.8) is 0 Å². The molecule has 2 rings (SSSR count). The van der Waals surface area contributed by atoms with E-state index < -0.39 is 0 Å². The number of hydrogen-bond donors (Lipinski definition) is 1. The lowest BCUT2D eigenvalue weighted by atomic mass is 10.2. The normalized spacial score (nSPS) is 10.4. The fourth-order valence-corrected chi connectivity index (χ4v) is 1.90. The molecule has 0 atom stereocenters. The van der Waals surface area contributed by atoms with Crippen molar-refractivity contribution in [2.75, 3.05) is 5.32 Å². The van der Waals surface area contributed by atoms with Gasteiger partial charge in [0.05, 0.1) is 6.33 Å². The molecule has 0 fully saturated rings. The van der Waals surface area contributed by atoms with Crippen molar-refractivity contribution in [3.05, 3.63) is 48.5 Å². The highest BCUT2D eigenvalue weighted by Gasteiger charge is 2.02. The van der Waals surface area contributed by atoms with Crippen LogP contribution >= 0.6 is 0 Å². The first-order valence-corrected chi connectivity index (χ1v) is 6.62. The van der Waals surface area contributed by atoms with Crippen molar-refractivity contribution in [2.24, 2.45) is 0 Å². The molecule has 0 saturated carbocycles. The van der Waals surface area contributed by atoms with Gasteiger partial charge in [0.2, 0.25) is 5.91 Å². The predicted octanol–water partition coefficient (Wildman–Crippen LogP) is 3.06. The van der Waals surface area contributed by atoms with Gasteiger partial charge in [-0.15, -0.1) is 0 Å². The maximum absolute atomic E-state index is 11.7. The van der Waals surface area contributed by atoms with E-state index in [9.17, 15) is 4.79 Å². The van der Waals surface area contributed by atoms with E-state index in [0.717, 1.165) is 30.6 Å². The number of unbranched alkanes of at least 4 members (excludes halogenated alkanes) is 1. The molecule has 100 valence electrons. The monoisotopic (exact) mass is 257 g/mol. The number of imidazole rings is 1. The van der Waals surface area contributed by atoms with Crippen LogP contribution in [0.15, 0.2) is 43.0 Å². The van der Waals surface area contributed by atoms with Gasteiger partial charge in [-0.2, -0.15) is 0 Å². The third-order valence-corrected chi connectivity index (χ3v) is 2.89. The Hall–Kier alpha value is -2.10. The number of aromatic nitrogens is 2. The maximum atomic E-state index is 11.7. The molecule has 0 aliphatic carbocycles. The van der Waals surface area contributed by atoms with Crippen LogP contribution < -0.4 is 5.32 Å². The summed E-state index contributed by atoms with van der Waals surface area (Å²) in [5.41, 5.74) is 2.00. The maximum Gasteiger partial charge on any atom is 0.224 e. The highest BCUT2D eigenvalue weighted by molar-refractivity contribution is 5.90. The highest BCUT2D eigenvalue weighted by atomic mass is 16.1. The first-order valence-electron chi connectivity index (χ1n) is 6.62. The van der Waals surface area contributed by atoms with Crippen molar-refractivity contribution >= 4 is 11.6 Å². The molecule has 0 saturated heterocycles. The summed E-state index contributed by atoms with van der Waals surface area (Å²) in [6, 6.07) is 7.93. The van der Waals surface area contributed by atoms with E-state index in [0.29, 0.717) is 6.42 Å². The second-order valence-corrected chi connectivity index (χ2v) is 4.59. The summed E-state index contributed by atoms with van der Waals surface area (Å²) in [4.78, 5) is 15.7. The Bertz CT molecular complexity index is 520. The van der Waals surface area contributed by atoms with Gasteiger partial charge in [-0.25, -0.2) is 4.98 Å². The molecule has 1 N–H and O–H groups in total. The molecule has 1 amide bonds. The number of anilines is 1. The number of nitrogens with one attached hydrogen (secondary N) is 1. The van der Waals surface area contributed by atoms with Gasteiger partial charge in [0.15, 0.2) is 0 Å². The molecule has 0 bridgehead atoms. The van der Waals surface area contributed by atoms with Crippen molar-refractivity contribution in [2.45, 2.75) is 32.7 Å². The number of nitrogens with zero attached hydrogens (tertiary/aromatic N) is 2. The van der Waals surface area contributed by atoms with E-state index in [2.05, 4.69) is 17.2 Å². The second-order valence-electron chi connectivity index (χ2n) is 4.59. The van der Waals surface area contributed by atoms with Gasteiger partial charge >= 0.3 is 0 Å². The van der Waals surface area contributed by atoms with E-state index in [1.54, 1.807) is 12.5 Å². The standard InChI is InChI=1S/C15H19N3O/c1-2-3-7-15(19)17-14-6-4-5-13(10-14)11-18-9-8-16-12-18/h4-6,8-10,12H,2-3,7,11H2,1H3,(H,17,19). The average molecular weight is 257 g/mol. The first kappa shape index (κ1) is 13.3. The number of hydrogen-bond acceptors (Lipinski definition) is 2. The number of amides is 1. The van der Waals surface area contributed by atoms with Crippen LogP contribution in [0.3, 0.4) is 0 Å². The molecule has 1 heterocycles. The van der Waals surface area contributed by atoms with E-state index in [4.69, 9.17) is 0 Å². The molecule has 4 nitrogen and oxygen atoms in total. The molecule has 1 aromatic heterocycles. The Morgan fingerprint density at radius 1 is 1.42 bits per heavy atom. The minimum absolute atomic E-state index is 0.0848. The van der Waals surface area contributed by atoms with E-state index in [-0.39, 0.29) is 5.91 Å². The molecule has 1 aromatic carbocycles. The number of carbonyl (C=O) groups excluding carboxylic acids is 1. The summed E-state index contributed by atoms with van der Waals surface area (Å²) in [6.07, 6.45) is 8.02. The quantitative estimate of drug-likeness (QED) is 0.864. The summed E-state index contributed by atoms with van der Waals surface area (Å²) in [6.45, 7) is 2.84. The van der Waals surface area contributed by atoms with Gasteiger partial charge in [0.1, 0.15) is 0 Å². The summed E-state index contributed by atoms with van der Waals surface area (Å²) >= 11 is 0. The van der Waals surface area contributed by atoms with Crippen molar-refractivity contribution in [3.8, 4) is 0 Å². The van der Waals surface area contributed by atoms with Crippen LogP contribution in [0.25, 0.3) is 0 Å². The zero-order valence-electron chi connectivity index (χ0n) is 11.2. The third-order valence-electron chi connectivity index (χ3n) is 2.89. The lowest BCUT2D eigenvalue weighted by molar-refractivity contribution is -0.116. The molecular formula is C15H19N3O. The summed E-state index contributed by atoms with van der Waals surface area (Å²) in [5, 5.41) is 2.93. The lowest BCUT2D eigenvalue weighted by Crippen LogP contribution is -2.11. The predicted molar refractivity (Wildman–Crippen MR) is 75.9 cm³/mol. The second kappa shape index (κ2) is 6.73. The molecule has 0 aliphatic rings. The Morgan fingerprint density at radius 3 is 3.05 bits per heavy atom. The van der Waals surface area contributed by atoms with Crippen molar-refractivity contribution in [1.29, 1.82) is 0 Å². The van der Waals surface area contributed by atoms with E-state index in [1.165, 1.54) is 0 Å².